The third kappa shape index (κ3) is 5.02. The zero-order valence-electron chi connectivity index (χ0n) is 15.3. The standard InChI is InChI=1S/C21H22Cl2N2O2/c1-21(2,15-7-10-17(22)18(23)11-15)12-24-19(26)13-5-8-16(9-6-13)25-20(27)14-3-4-14/h5-11,14H,3-4,12H2,1-2H3,(H,24,26)(H,25,27). The van der Waals surface area contributed by atoms with Crippen LogP contribution < -0.4 is 10.6 Å². The Morgan fingerprint density at radius 2 is 1.70 bits per heavy atom. The first kappa shape index (κ1) is 19.7. The Kier molecular flexibility index (Phi) is 5.78. The van der Waals surface area contributed by atoms with Crippen molar-refractivity contribution in [2.75, 3.05) is 11.9 Å². The maximum absolute atomic E-state index is 12.4. The molecular weight excluding hydrogens is 383 g/mol. The monoisotopic (exact) mass is 404 g/mol. The van der Waals surface area contributed by atoms with Gasteiger partial charge in [0.05, 0.1) is 10.0 Å². The number of hydrogen-bond acceptors (Lipinski definition) is 2. The fraction of sp³-hybridized carbons (Fsp3) is 0.333. The van der Waals surface area contributed by atoms with E-state index in [0.29, 0.717) is 27.8 Å². The summed E-state index contributed by atoms with van der Waals surface area (Å²) in [6.45, 7) is 4.51. The smallest absolute Gasteiger partial charge is 0.251 e. The minimum atomic E-state index is -0.304. The summed E-state index contributed by atoms with van der Waals surface area (Å²) in [5.41, 5.74) is 1.95. The molecule has 0 heterocycles. The van der Waals surface area contributed by atoms with Crippen molar-refractivity contribution in [3.05, 3.63) is 63.6 Å². The lowest BCUT2D eigenvalue weighted by Gasteiger charge is -2.26. The highest BCUT2D eigenvalue weighted by atomic mass is 35.5. The molecule has 2 amide bonds. The topological polar surface area (TPSA) is 58.2 Å². The normalized spacial score (nSPS) is 13.9. The van der Waals surface area contributed by atoms with Crippen molar-refractivity contribution in [3.8, 4) is 0 Å². The molecule has 1 aliphatic rings. The van der Waals surface area contributed by atoms with Crippen LogP contribution >= 0.6 is 23.2 Å². The number of anilines is 1. The van der Waals surface area contributed by atoms with Crippen molar-refractivity contribution < 1.29 is 9.59 Å². The van der Waals surface area contributed by atoms with Gasteiger partial charge in [-0.2, -0.15) is 0 Å². The van der Waals surface area contributed by atoms with Gasteiger partial charge in [0.1, 0.15) is 0 Å². The third-order valence-corrected chi connectivity index (χ3v) is 5.49. The van der Waals surface area contributed by atoms with Gasteiger partial charge in [-0.15, -0.1) is 0 Å². The fourth-order valence-corrected chi connectivity index (χ4v) is 3.02. The average molecular weight is 405 g/mol. The first-order valence-corrected chi connectivity index (χ1v) is 9.66. The van der Waals surface area contributed by atoms with Crippen LogP contribution in [0, 0.1) is 5.92 Å². The van der Waals surface area contributed by atoms with Crippen LogP contribution in [-0.2, 0) is 10.2 Å². The van der Waals surface area contributed by atoms with Crippen LogP contribution in [0.5, 0.6) is 0 Å². The van der Waals surface area contributed by atoms with Gasteiger partial charge in [0.25, 0.3) is 5.91 Å². The zero-order valence-corrected chi connectivity index (χ0v) is 16.8. The summed E-state index contributed by atoms with van der Waals surface area (Å²) in [5.74, 6) is 0.0374. The van der Waals surface area contributed by atoms with Gasteiger partial charge in [0, 0.05) is 29.1 Å². The van der Waals surface area contributed by atoms with E-state index in [4.69, 9.17) is 23.2 Å². The summed E-state index contributed by atoms with van der Waals surface area (Å²) < 4.78 is 0. The number of amides is 2. The van der Waals surface area contributed by atoms with Gasteiger partial charge in [0.2, 0.25) is 5.91 Å². The van der Waals surface area contributed by atoms with Crippen LogP contribution in [0.2, 0.25) is 10.0 Å². The first-order chi connectivity index (χ1) is 12.8. The van der Waals surface area contributed by atoms with Crippen LogP contribution in [0.4, 0.5) is 5.69 Å². The van der Waals surface area contributed by atoms with Gasteiger partial charge in [-0.25, -0.2) is 0 Å². The molecule has 0 radical (unpaired) electrons. The second kappa shape index (κ2) is 7.91. The minimum Gasteiger partial charge on any atom is -0.351 e. The molecule has 0 aromatic heterocycles. The minimum absolute atomic E-state index is 0.0515. The second-order valence-corrected chi connectivity index (χ2v) is 8.35. The number of carbonyl (C=O) groups excluding carboxylic acids is 2. The van der Waals surface area contributed by atoms with Crippen molar-refractivity contribution in [2.45, 2.75) is 32.1 Å². The second-order valence-electron chi connectivity index (χ2n) is 7.54. The van der Waals surface area contributed by atoms with Crippen LogP contribution in [0.15, 0.2) is 42.5 Å². The quantitative estimate of drug-likeness (QED) is 0.707. The predicted molar refractivity (Wildman–Crippen MR) is 110 cm³/mol. The first-order valence-electron chi connectivity index (χ1n) is 8.91. The van der Waals surface area contributed by atoms with Crippen molar-refractivity contribution in [3.63, 3.8) is 0 Å². The van der Waals surface area contributed by atoms with Gasteiger partial charge in [-0.3, -0.25) is 9.59 Å². The van der Waals surface area contributed by atoms with E-state index in [9.17, 15) is 9.59 Å². The Bertz CT molecular complexity index is 859. The average Bonchev–Trinajstić information content (AvgIpc) is 3.48. The molecule has 1 aliphatic carbocycles. The Morgan fingerprint density at radius 1 is 1.04 bits per heavy atom. The number of hydrogen-bond donors (Lipinski definition) is 2. The molecule has 2 aromatic rings. The third-order valence-electron chi connectivity index (χ3n) is 4.75. The molecule has 0 bridgehead atoms. The van der Waals surface area contributed by atoms with Crippen LogP contribution in [-0.4, -0.2) is 18.4 Å². The van der Waals surface area contributed by atoms with Crippen molar-refractivity contribution >= 4 is 40.7 Å². The molecule has 1 fully saturated rings. The van der Waals surface area contributed by atoms with E-state index >= 15 is 0 Å². The summed E-state index contributed by atoms with van der Waals surface area (Å²) in [6.07, 6.45) is 1.92. The molecule has 0 atom stereocenters. The highest BCUT2D eigenvalue weighted by Gasteiger charge is 2.29. The molecule has 6 heteroatoms. The van der Waals surface area contributed by atoms with Gasteiger partial charge < -0.3 is 10.6 Å². The fourth-order valence-electron chi connectivity index (χ4n) is 2.72. The molecule has 4 nitrogen and oxygen atoms in total. The molecule has 3 rings (SSSR count). The molecular formula is C21H22Cl2N2O2. The Morgan fingerprint density at radius 3 is 2.30 bits per heavy atom. The number of halogens is 2. The molecule has 0 aliphatic heterocycles. The summed E-state index contributed by atoms with van der Waals surface area (Å²) in [6, 6.07) is 12.4. The van der Waals surface area contributed by atoms with Gasteiger partial charge in [-0.05, 0) is 54.8 Å². The van der Waals surface area contributed by atoms with Crippen LogP contribution in [0.25, 0.3) is 0 Å². The van der Waals surface area contributed by atoms with E-state index in [1.165, 1.54) is 0 Å². The molecule has 0 saturated heterocycles. The molecule has 27 heavy (non-hydrogen) atoms. The zero-order chi connectivity index (χ0) is 19.6. The lowest BCUT2D eigenvalue weighted by Crippen LogP contribution is -2.36. The van der Waals surface area contributed by atoms with E-state index < -0.39 is 0 Å². The van der Waals surface area contributed by atoms with E-state index in [0.717, 1.165) is 18.4 Å². The molecule has 1 saturated carbocycles. The number of carbonyl (C=O) groups is 2. The van der Waals surface area contributed by atoms with E-state index in [1.54, 1.807) is 30.3 Å². The Balaban J connectivity index is 1.59. The largest absolute Gasteiger partial charge is 0.351 e. The SMILES string of the molecule is CC(C)(CNC(=O)c1ccc(NC(=O)C2CC2)cc1)c1ccc(Cl)c(Cl)c1. The molecule has 0 spiro atoms. The summed E-state index contributed by atoms with van der Waals surface area (Å²) in [7, 11) is 0. The van der Waals surface area contributed by atoms with E-state index in [-0.39, 0.29) is 23.1 Å². The highest BCUT2D eigenvalue weighted by molar-refractivity contribution is 6.42. The Hall–Kier alpha value is -2.04. The molecule has 142 valence electrons. The summed E-state index contributed by atoms with van der Waals surface area (Å²) >= 11 is 12.1. The molecule has 2 aromatic carbocycles. The number of nitrogens with one attached hydrogen (secondary N) is 2. The molecule has 2 N–H and O–H groups in total. The number of rotatable bonds is 6. The lowest BCUT2D eigenvalue weighted by atomic mass is 9.84. The van der Waals surface area contributed by atoms with Gasteiger partial charge in [-0.1, -0.05) is 43.1 Å². The van der Waals surface area contributed by atoms with Gasteiger partial charge in [0.15, 0.2) is 0 Å². The molecule has 0 unspecified atom stereocenters. The maximum atomic E-state index is 12.4. The summed E-state index contributed by atoms with van der Waals surface area (Å²) in [4.78, 5) is 24.2. The maximum Gasteiger partial charge on any atom is 0.251 e. The van der Waals surface area contributed by atoms with Crippen LogP contribution in [0.1, 0.15) is 42.6 Å². The van der Waals surface area contributed by atoms with E-state index in [1.807, 2.05) is 26.0 Å². The van der Waals surface area contributed by atoms with Crippen molar-refractivity contribution in [1.29, 1.82) is 0 Å². The highest BCUT2D eigenvalue weighted by Crippen LogP contribution is 2.31. The predicted octanol–water partition coefficient (Wildman–Crippen LogP) is 5.05. The Labute approximate surface area is 169 Å². The lowest BCUT2D eigenvalue weighted by molar-refractivity contribution is -0.117. The van der Waals surface area contributed by atoms with Crippen LogP contribution in [0.3, 0.4) is 0 Å². The van der Waals surface area contributed by atoms with E-state index in [2.05, 4.69) is 10.6 Å². The summed E-state index contributed by atoms with van der Waals surface area (Å²) in [5, 5.41) is 6.83. The number of benzene rings is 2. The van der Waals surface area contributed by atoms with Crippen molar-refractivity contribution in [2.24, 2.45) is 5.92 Å². The van der Waals surface area contributed by atoms with Crippen molar-refractivity contribution in [1.82, 2.24) is 5.32 Å². The van der Waals surface area contributed by atoms with Gasteiger partial charge >= 0.3 is 0 Å².